The largest absolute Gasteiger partial charge is 0.391 e. The summed E-state index contributed by atoms with van der Waals surface area (Å²) in [6.45, 7) is 0. The van der Waals surface area contributed by atoms with Gasteiger partial charge >= 0.3 is 0 Å². The highest BCUT2D eigenvalue weighted by atomic mass is 32.1. The number of nitrogens with two attached hydrogens (primary N) is 1. The number of rotatable bonds is 4. The number of nitro benzene ring substituents is 1. The van der Waals surface area contributed by atoms with Crippen LogP contribution in [0.3, 0.4) is 0 Å². The van der Waals surface area contributed by atoms with Crippen LogP contribution in [0.25, 0.3) is 6.08 Å². The van der Waals surface area contributed by atoms with Crippen molar-refractivity contribution in [3.05, 3.63) is 39.7 Å². The summed E-state index contributed by atoms with van der Waals surface area (Å²) in [4.78, 5) is 9.88. The first-order valence-corrected chi connectivity index (χ1v) is 5.20. The molecule has 0 aromatic heterocycles. The monoisotopic (exact) mass is 242 g/mol. The van der Waals surface area contributed by atoms with Crippen molar-refractivity contribution in [3.63, 3.8) is 0 Å². The highest BCUT2D eigenvalue weighted by Crippen LogP contribution is 2.26. The molecule has 0 heterocycles. The Kier molecular flexibility index (Phi) is 4.30. The molecule has 0 aliphatic carbocycles. The maximum Gasteiger partial charge on any atom is 0.295 e. The molecule has 1 aromatic carbocycles. The molecule has 6 heteroatoms. The Balaban J connectivity index is 3.09. The Bertz CT molecular complexity index is 435. The van der Waals surface area contributed by atoms with E-state index in [1.165, 1.54) is 6.07 Å². The van der Waals surface area contributed by atoms with Crippen LogP contribution in [-0.4, -0.2) is 10.7 Å². The van der Waals surface area contributed by atoms with Gasteiger partial charge in [-0.25, -0.2) is 4.39 Å². The second-order valence-electron chi connectivity index (χ2n) is 3.11. The van der Waals surface area contributed by atoms with Crippen molar-refractivity contribution in [2.24, 2.45) is 0 Å². The Morgan fingerprint density at radius 2 is 2.25 bits per heavy atom. The summed E-state index contributed by atoms with van der Waals surface area (Å²) in [5.74, 6) is -0.115. The summed E-state index contributed by atoms with van der Waals surface area (Å²) in [7, 11) is 0. The molecule has 0 radical (unpaired) electrons. The third kappa shape index (κ3) is 2.96. The van der Waals surface area contributed by atoms with Crippen LogP contribution in [-0.2, 0) is 0 Å². The van der Waals surface area contributed by atoms with Crippen molar-refractivity contribution in [1.29, 1.82) is 0 Å². The number of halogens is 1. The number of hydrogen-bond acceptors (Lipinski definition) is 4. The number of hydrogen-bond donors (Lipinski definition) is 2. The predicted octanol–water partition coefficient (Wildman–Crippen LogP) is 2.65. The van der Waals surface area contributed by atoms with E-state index in [2.05, 4.69) is 12.6 Å². The third-order valence-electron chi connectivity index (χ3n) is 1.93. The zero-order chi connectivity index (χ0) is 12.1. The molecule has 0 amide bonds. The number of allylic oxidation sites excluding steroid dienone is 1. The van der Waals surface area contributed by atoms with Gasteiger partial charge in [-0.3, -0.25) is 10.1 Å². The van der Waals surface area contributed by atoms with Crippen molar-refractivity contribution in [2.45, 2.75) is 6.42 Å². The molecule has 86 valence electrons. The molecule has 0 fully saturated rings. The van der Waals surface area contributed by atoms with Crippen LogP contribution in [0.1, 0.15) is 12.0 Å². The fourth-order valence-electron chi connectivity index (χ4n) is 1.16. The quantitative estimate of drug-likeness (QED) is 0.369. The van der Waals surface area contributed by atoms with E-state index < -0.39 is 22.1 Å². The van der Waals surface area contributed by atoms with Crippen LogP contribution in [0.2, 0.25) is 0 Å². The Morgan fingerprint density at radius 3 is 2.81 bits per heavy atom. The van der Waals surface area contributed by atoms with Crippen molar-refractivity contribution in [1.82, 2.24) is 0 Å². The molecular formula is C10H11FN2O2S. The van der Waals surface area contributed by atoms with Gasteiger partial charge in [-0.1, -0.05) is 12.2 Å². The Labute approximate surface area is 97.5 Å². The van der Waals surface area contributed by atoms with E-state index in [0.29, 0.717) is 17.7 Å². The van der Waals surface area contributed by atoms with Crippen LogP contribution < -0.4 is 5.73 Å². The summed E-state index contributed by atoms with van der Waals surface area (Å²) in [5, 5.41) is 10.6. The zero-order valence-corrected chi connectivity index (χ0v) is 9.28. The second-order valence-corrected chi connectivity index (χ2v) is 3.55. The van der Waals surface area contributed by atoms with E-state index in [0.717, 1.165) is 6.07 Å². The molecule has 1 aromatic rings. The lowest BCUT2D eigenvalue weighted by Gasteiger charge is -2.00. The molecule has 0 spiro atoms. The molecule has 2 N–H and O–H groups in total. The lowest BCUT2D eigenvalue weighted by Crippen LogP contribution is -1.99. The molecule has 0 saturated heterocycles. The molecule has 0 saturated carbocycles. The van der Waals surface area contributed by atoms with Crippen molar-refractivity contribution in [2.75, 3.05) is 11.5 Å². The first-order chi connectivity index (χ1) is 7.56. The van der Waals surface area contributed by atoms with Crippen LogP contribution in [0.4, 0.5) is 15.8 Å². The summed E-state index contributed by atoms with van der Waals surface area (Å²) in [6.07, 6.45) is 4.08. The molecule has 4 nitrogen and oxygen atoms in total. The minimum atomic E-state index is -0.778. The lowest BCUT2D eigenvalue weighted by molar-refractivity contribution is -0.384. The van der Waals surface area contributed by atoms with Gasteiger partial charge in [0.15, 0.2) is 5.82 Å². The van der Waals surface area contributed by atoms with E-state index in [-0.39, 0.29) is 0 Å². The van der Waals surface area contributed by atoms with Crippen molar-refractivity contribution in [3.8, 4) is 0 Å². The van der Waals surface area contributed by atoms with Crippen molar-refractivity contribution >= 4 is 30.1 Å². The van der Waals surface area contributed by atoms with Crippen molar-refractivity contribution < 1.29 is 9.31 Å². The minimum Gasteiger partial charge on any atom is -0.391 e. The standard InChI is InChI=1S/C10H11FN2O2S/c11-8-5-7(3-1-2-4-16)6-9(10(8)12)13(14)15/h1,3,5-6,16H,2,4,12H2. The highest BCUT2D eigenvalue weighted by Gasteiger charge is 2.16. The molecule has 16 heavy (non-hydrogen) atoms. The lowest BCUT2D eigenvalue weighted by atomic mass is 10.1. The summed E-state index contributed by atoms with van der Waals surface area (Å²) < 4.78 is 13.2. The topological polar surface area (TPSA) is 69.2 Å². The number of thiol groups is 1. The van der Waals surface area contributed by atoms with Gasteiger partial charge in [0.2, 0.25) is 0 Å². The average Bonchev–Trinajstić information content (AvgIpc) is 2.23. The van der Waals surface area contributed by atoms with Gasteiger partial charge in [0.05, 0.1) is 4.92 Å². The van der Waals surface area contributed by atoms with E-state index >= 15 is 0 Å². The average molecular weight is 242 g/mol. The van der Waals surface area contributed by atoms with Crippen LogP contribution >= 0.6 is 12.6 Å². The van der Waals surface area contributed by atoms with Gasteiger partial charge < -0.3 is 5.73 Å². The van der Waals surface area contributed by atoms with Gasteiger partial charge in [0, 0.05) is 6.07 Å². The van der Waals surface area contributed by atoms with Crippen LogP contribution in [0.15, 0.2) is 18.2 Å². The molecule has 0 bridgehead atoms. The molecular weight excluding hydrogens is 231 g/mol. The molecule has 0 aliphatic rings. The fourth-order valence-corrected chi connectivity index (χ4v) is 1.31. The van der Waals surface area contributed by atoms with E-state index in [1.807, 2.05) is 0 Å². The van der Waals surface area contributed by atoms with E-state index in [4.69, 9.17) is 5.73 Å². The minimum absolute atomic E-state index is 0.412. The van der Waals surface area contributed by atoms with Gasteiger partial charge in [-0.2, -0.15) is 12.6 Å². The summed E-state index contributed by atoms with van der Waals surface area (Å²) in [5.41, 5.74) is 4.83. The Hall–Kier alpha value is -1.56. The van der Waals surface area contributed by atoms with Gasteiger partial charge in [-0.15, -0.1) is 0 Å². The van der Waals surface area contributed by atoms with Gasteiger partial charge in [0.1, 0.15) is 5.69 Å². The van der Waals surface area contributed by atoms with Crippen LogP contribution in [0, 0.1) is 15.9 Å². The van der Waals surface area contributed by atoms with Crippen LogP contribution in [0.5, 0.6) is 0 Å². The normalized spacial score (nSPS) is 10.9. The number of anilines is 1. The number of benzene rings is 1. The molecule has 0 unspecified atom stereocenters. The number of nitrogens with zero attached hydrogens (tertiary/aromatic N) is 1. The maximum absolute atomic E-state index is 13.2. The zero-order valence-electron chi connectivity index (χ0n) is 8.39. The second kappa shape index (κ2) is 5.50. The highest BCUT2D eigenvalue weighted by molar-refractivity contribution is 7.80. The van der Waals surface area contributed by atoms with E-state index in [1.54, 1.807) is 12.2 Å². The maximum atomic E-state index is 13.2. The molecule has 0 aliphatic heterocycles. The smallest absolute Gasteiger partial charge is 0.295 e. The summed E-state index contributed by atoms with van der Waals surface area (Å²) >= 11 is 4.00. The Morgan fingerprint density at radius 1 is 1.56 bits per heavy atom. The number of nitro groups is 1. The van der Waals surface area contributed by atoms with Gasteiger partial charge in [0.25, 0.3) is 5.69 Å². The first-order valence-electron chi connectivity index (χ1n) is 4.57. The third-order valence-corrected chi connectivity index (χ3v) is 2.19. The summed E-state index contributed by atoms with van der Waals surface area (Å²) in [6, 6.07) is 2.41. The number of nitrogen functional groups attached to an aromatic ring is 1. The molecule has 0 atom stereocenters. The van der Waals surface area contributed by atoms with E-state index in [9.17, 15) is 14.5 Å². The molecule has 1 rings (SSSR count). The predicted molar refractivity (Wildman–Crippen MR) is 65.0 cm³/mol. The SMILES string of the molecule is Nc1c(F)cc(C=CCCS)cc1[N+](=O)[O-]. The first kappa shape index (κ1) is 12.5. The van der Waals surface area contributed by atoms with Gasteiger partial charge in [-0.05, 0) is 23.8 Å². The fraction of sp³-hybridized carbons (Fsp3) is 0.200.